The van der Waals surface area contributed by atoms with Crippen LogP contribution in [-0.2, 0) is 6.54 Å². The van der Waals surface area contributed by atoms with Crippen molar-refractivity contribution in [2.45, 2.75) is 13.5 Å². The van der Waals surface area contributed by atoms with Gasteiger partial charge >= 0.3 is 0 Å². The highest BCUT2D eigenvalue weighted by Gasteiger charge is 1.99. The maximum absolute atomic E-state index is 13.2. The summed E-state index contributed by atoms with van der Waals surface area (Å²) < 4.78 is 13.2. The molecule has 0 aliphatic heterocycles. The number of halogens is 1. The Bertz CT molecular complexity index is 523. The number of aryl methyl sites for hydroxylation is 1. The zero-order valence-electron chi connectivity index (χ0n) is 9.70. The second-order valence-electron chi connectivity index (χ2n) is 4.08. The van der Waals surface area contributed by atoms with Crippen LogP contribution >= 0.6 is 0 Å². The number of anilines is 2. The van der Waals surface area contributed by atoms with Crippen molar-refractivity contribution in [3.8, 4) is 0 Å². The molecule has 0 heterocycles. The molecule has 0 aliphatic carbocycles. The lowest BCUT2D eigenvalue weighted by Gasteiger charge is -2.08. The Balaban J connectivity index is 2.05. The fourth-order valence-electron chi connectivity index (χ4n) is 1.66. The maximum Gasteiger partial charge on any atom is 0.148 e. The average Bonchev–Trinajstić information content (AvgIpc) is 2.31. The van der Waals surface area contributed by atoms with Crippen LogP contribution in [0.2, 0.25) is 0 Å². The van der Waals surface area contributed by atoms with Gasteiger partial charge in [-0.05, 0) is 30.7 Å². The Morgan fingerprint density at radius 2 is 2.00 bits per heavy atom. The molecule has 0 radical (unpaired) electrons. The molecule has 88 valence electrons. The monoisotopic (exact) mass is 230 g/mol. The van der Waals surface area contributed by atoms with Gasteiger partial charge in [0.2, 0.25) is 0 Å². The highest BCUT2D eigenvalue weighted by Crippen LogP contribution is 2.16. The summed E-state index contributed by atoms with van der Waals surface area (Å²) in [5.41, 5.74) is 8.70. The van der Waals surface area contributed by atoms with Crippen molar-refractivity contribution in [3.05, 3.63) is 59.4 Å². The van der Waals surface area contributed by atoms with Crippen molar-refractivity contribution in [2.24, 2.45) is 0 Å². The number of rotatable bonds is 3. The van der Waals surface area contributed by atoms with E-state index < -0.39 is 0 Å². The van der Waals surface area contributed by atoms with Crippen molar-refractivity contribution in [2.75, 3.05) is 11.1 Å². The molecule has 0 saturated heterocycles. The van der Waals surface area contributed by atoms with Gasteiger partial charge in [0.1, 0.15) is 5.82 Å². The van der Waals surface area contributed by atoms with E-state index in [1.807, 2.05) is 25.1 Å². The van der Waals surface area contributed by atoms with Gasteiger partial charge in [-0.25, -0.2) is 4.39 Å². The molecule has 0 aliphatic rings. The van der Waals surface area contributed by atoms with Gasteiger partial charge in [0.25, 0.3) is 0 Å². The third kappa shape index (κ3) is 2.97. The van der Waals surface area contributed by atoms with Gasteiger partial charge < -0.3 is 11.1 Å². The molecule has 0 amide bonds. The first kappa shape index (κ1) is 11.5. The summed E-state index contributed by atoms with van der Waals surface area (Å²) in [6, 6.07) is 12.9. The number of nitrogen functional groups attached to an aromatic ring is 1. The van der Waals surface area contributed by atoms with Crippen LogP contribution in [0.4, 0.5) is 15.8 Å². The van der Waals surface area contributed by atoms with Gasteiger partial charge in [0.15, 0.2) is 0 Å². The third-order valence-electron chi connectivity index (χ3n) is 2.58. The van der Waals surface area contributed by atoms with Crippen LogP contribution < -0.4 is 11.1 Å². The lowest BCUT2D eigenvalue weighted by molar-refractivity contribution is 0.633. The van der Waals surface area contributed by atoms with Crippen LogP contribution in [-0.4, -0.2) is 0 Å². The Morgan fingerprint density at radius 1 is 1.18 bits per heavy atom. The normalized spacial score (nSPS) is 10.2. The van der Waals surface area contributed by atoms with Crippen molar-refractivity contribution in [1.29, 1.82) is 0 Å². The smallest absolute Gasteiger partial charge is 0.148 e. The average molecular weight is 230 g/mol. The summed E-state index contributed by atoms with van der Waals surface area (Å²) in [5.74, 6) is -0.390. The number of nitrogens with one attached hydrogen (secondary N) is 1. The minimum Gasteiger partial charge on any atom is -0.396 e. The molecule has 0 unspecified atom stereocenters. The first-order valence-corrected chi connectivity index (χ1v) is 5.49. The van der Waals surface area contributed by atoms with Crippen molar-refractivity contribution >= 4 is 11.4 Å². The Morgan fingerprint density at radius 3 is 2.71 bits per heavy atom. The molecule has 0 atom stereocenters. The van der Waals surface area contributed by atoms with Gasteiger partial charge in [-0.15, -0.1) is 0 Å². The van der Waals surface area contributed by atoms with E-state index >= 15 is 0 Å². The second kappa shape index (κ2) is 4.87. The number of benzene rings is 2. The number of nitrogens with two attached hydrogens (primary N) is 1. The summed E-state index contributed by atoms with van der Waals surface area (Å²) in [4.78, 5) is 0. The molecule has 17 heavy (non-hydrogen) atoms. The van der Waals surface area contributed by atoms with Gasteiger partial charge in [-0.1, -0.05) is 29.8 Å². The van der Waals surface area contributed by atoms with E-state index in [4.69, 9.17) is 5.73 Å². The van der Waals surface area contributed by atoms with Crippen LogP contribution in [0.5, 0.6) is 0 Å². The molecule has 0 aromatic heterocycles. The standard InChI is InChI=1S/C14H15FN2/c1-10-3-2-4-11(7-10)9-17-12-5-6-14(16)13(15)8-12/h2-8,17H,9,16H2,1H3. The molecule has 2 aromatic carbocycles. The summed E-state index contributed by atoms with van der Waals surface area (Å²) >= 11 is 0. The SMILES string of the molecule is Cc1cccc(CNc2ccc(N)c(F)c2)c1. The van der Waals surface area contributed by atoms with Gasteiger partial charge in [-0.3, -0.25) is 0 Å². The Kier molecular flexibility index (Phi) is 3.28. The van der Waals surface area contributed by atoms with Gasteiger partial charge in [0, 0.05) is 12.2 Å². The Labute approximate surface area is 100 Å². The van der Waals surface area contributed by atoms with Gasteiger partial charge in [-0.2, -0.15) is 0 Å². The highest BCUT2D eigenvalue weighted by atomic mass is 19.1. The topological polar surface area (TPSA) is 38.0 Å². The van der Waals surface area contributed by atoms with Crippen molar-refractivity contribution in [3.63, 3.8) is 0 Å². The van der Waals surface area contributed by atoms with E-state index in [0.29, 0.717) is 6.54 Å². The molecule has 0 fully saturated rings. The van der Waals surface area contributed by atoms with Crippen LogP contribution in [0.3, 0.4) is 0 Å². The zero-order chi connectivity index (χ0) is 12.3. The first-order valence-electron chi connectivity index (χ1n) is 5.49. The van der Waals surface area contributed by atoms with Crippen LogP contribution in [0, 0.1) is 12.7 Å². The zero-order valence-corrected chi connectivity index (χ0v) is 9.70. The largest absolute Gasteiger partial charge is 0.396 e. The van der Waals surface area contributed by atoms with E-state index in [1.54, 1.807) is 12.1 Å². The molecular weight excluding hydrogens is 215 g/mol. The van der Waals surface area contributed by atoms with Crippen molar-refractivity contribution in [1.82, 2.24) is 0 Å². The minimum atomic E-state index is -0.390. The summed E-state index contributed by atoms with van der Waals surface area (Å²) in [7, 11) is 0. The second-order valence-corrected chi connectivity index (χ2v) is 4.08. The molecule has 0 saturated carbocycles. The Hall–Kier alpha value is -2.03. The van der Waals surface area contributed by atoms with E-state index in [2.05, 4.69) is 11.4 Å². The predicted molar refractivity (Wildman–Crippen MR) is 69.3 cm³/mol. The molecule has 3 N–H and O–H groups in total. The lowest BCUT2D eigenvalue weighted by Crippen LogP contribution is -2.00. The summed E-state index contributed by atoms with van der Waals surface area (Å²) in [5, 5.41) is 3.16. The number of hydrogen-bond donors (Lipinski definition) is 2. The van der Waals surface area contributed by atoms with Crippen molar-refractivity contribution < 1.29 is 4.39 Å². The summed E-state index contributed by atoms with van der Waals surface area (Å²) in [6.45, 7) is 2.72. The fourth-order valence-corrected chi connectivity index (χ4v) is 1.66. The van der Waals surface area contributed by atoms with E-state index in [-0.39, 0.29) is 11.5 Å². The molecule has 3 heteroatoms. The highest BCUT2D eigenvalue weighted by molar-refractivity contribution is 5.52. The van der Waals surface area contributed by atoms with Crippen LogP contribution in [0.15, 0.2) is 42.5 Å². The molecule has 0 spiro atoms. The molecule has 2 aromatic rings. The maximum atomic E-state index is 13.2. The quantitative estimate of drug-likeness (QED) is 0.794. The van der Waals surface area contributed by atoms with E-state index in [0.717, 1.165) is 5.69 Å². The third-order valence-corrected chi connectivity index (χ3v) is 2.58. The first-order chi connectivity index (χ1) is 8.15. The van der Waals surface area contributed by atoms with Crippen LogP contribution in [0.1, 0.15) is 11.1 Å². The molecule has 2 rings (SSSR count). The molecule has 0 bridgehead atoms. The predicted octanol–water partition coefficient (Wildman–Crippen LogP) is 3.33. The van der Waals surface area contributed by atoms with E-state index in [9.17, 15) is 4.39 Å². The fraction of sp³-hybridized carbons (Fsp3) is 0.143. The van der Waals surface area contributed by atoms with Crippen LogP contribution in [0.25, 0.3) is 0 Å². The minimum absolute atomic E-state index is 0.172. The lowest BCUT2D eigenvalue weighted by atomic mass is 10.1. The molecular formula is C14H15FN2. The molecule has 2 nitrogen and oxygen atoms in total. The number of hydrogen-bond acceptors (Lipinski definition) is 2. The van der Waals surface area contributed by atoms with E-state index in [1.165, 1.54) is 17.2 Å². The van der Waals surface area contributed by atoms with Gasteiger partial charge in [0.05, 0.1) is 5.69 Å². The summed E-state index contributed by atoms with van der Waals surface area (Å²) in [6.07, 6.45) is 0.